The summed E-state index contributed by atoms with van der Waals surface area (Å²) in [5.41, 5.74) is 10.5. The van der Waals surface area contributed by atoms with Gasteiger partial charge in [-0.15, -0.1) is 0 Å². The topological polar surface area (TPSA) is 26.0 Å². The van der Waals surface area contributed by atoms with Crippen LogP contribution in [-0.4, -0.2) is 0 Å². The fourth-order valence-electron chi connectivity index (χ4n) is 3.14. The SMILES string of the molecule is CCC(CC)(c1ccccc1)C(N)c1ccc(C)cc1. The molecule has 20 heavy (non-hydrogen) atoms. The first-order valence-electron chi connectivity index (χ1n) is 7.51. The monoisotopic (exact) mass is 267 g/mol. The summed E-state index contributed by atoms with van der Waals surface area (Å²) in [6.07, 6.45) is 2.09. The van der Waals surface area contributed by atoms with E-state index in [0.29, 0.717) is 0 Å². The highest BCUT2D eigenvalue weighted by Crippen LogP contribution is 2.41. The van der Waals surface area contributed by atoms with Crippen LogP contribution < -0.4 is 5.73 Å². The van der Waals surface area contributed by atoms with Gasteiger partial charge >= 0.3 is 0 Å². The van der Waals surface area contributed by atoms with Gasteiger partial charge in [0.05, 0.1) is 0 Å². The highest BCUT2D eigenvalue weighted by molar-refractivity contribution is 5.34. The van der Waals surface area contributed by atoms with Crippen LogP contribution in [0.25, 0.3) is 0 Å². The highest BCUT2D eigenvalue weighted by atomic mass is 14.7. The van der Waals surface area contributed by atoms with E-state index in [4.69, 9.17) is 5.73 Å². The first-order valence-corrected chi connectivity index (χ1v) is 7.51. The molecule has 1 heteroatoms. The molecule has 0 aliphatic heterocycles. The third-order valence-corrected chi connectivity index (χ3v) is 4.64. The minimum absolute atomic E-state index is 0.0104. The average molecular weight is 267 g/mol. The van der Waals surface area contributed by atoms with Crippen molar-refractivity contribution >= 4 is 0 Å². The van der Waals surface area contributed by atoms with Crippen molar-refractivity contribution in [2.45, 2.75) is 45.1 Å². The lowest BCUT2D eigenvalue weighted by Gasteiger charge is -2.38. The smallest absolute Gasteiger partial charge is 0.0392 e. The Bertz CT molecular complexity index is 523. The van der Waals surface area contributed by atoms with E-state index in [1.165, 1.54) is 16.7 Å². The molecule has 2 aromatic rings. The van der Waals surface area contributed by atoms with Crippen molar-refractivity contribution in [3.63, 3.8) is 0 Å². The molecule has 2 rings (SSSR count). The highest BCUT2D eigenvalue weighted by Gasteiger charge is 2.35. The molecule has 1 nitrogen and oxygen atoms in total. The number of benzene rings is 2. The molecule has 1 atom stereocenters. The van der Waals surface area contributed by atoms with E-state index in [2.05, 4.69) is 75.4 Å². The van der Waals surface area contributed by atoms with Crippen molar-refractivity contribution in [1.82, 2.24) is 0 Å². The van der Waals surface area contributed by atoms with Crippen molar-refractivity contribution in [2.75, 3.05) is 0 Å². The van der Waals surface area contributed by atoms with Gasteiger partial charge in [0.25, 0.3) is 0 Å². The molecule has 0 aromatic heterocycles. The second kappa shape index (κ2) is 6.23. The lowest BCUT2D eigenvalue weighted by Crippen LogP contribution is -2.37. The van der Waals surface area contributed by atoms with Gasteiger partial charge in [-0.2, -0.15) is 0 Å². The molecular formula is C19H25N. The van der Waals surface area contributed by atoms with Gasteiger partial charge in [-0.05, 0) is 30.9 Å². The minimum Gasteiger partial charge on any atom is -0.323 e. The van der Waals surface area contributed by atoms with Crippen LogP contribution in [-0.2, 0) is 5.41 Å². The summed E-state index contributed by atoms with van der Waals surface area (Å²) in [6.45, 7) is 6.59. The largest absolute Gasteiger partial charge is 0.323 e. The quantitative estimate of drug-likeness (QED) is 0.831. The molecule has 2 N–H and O–H groups in total. The molecule has 0 amide bonds. The first kappa shape index (κ1) is 14.8. The van der Waals surface area contributed by atoms with Crippen LogP contribution in [0.15, 0.2) is 54.6 Å². The number of hydrogen-bond acceptors (Lipinski definition) is 1. The average Bonchev–Trinajstić information content (AvgIpc) is 2.51. The molecule has 1 unspecified atom stereocenters. The van der Waals surface area contributed by atoms with E-state index in [0.717, 1.165) is 12.8 Å². The number of hydrogen-bond donors (Lipinski definition) is 1. The van der Waals surface area contributed by atoms with Gasteiger partial charge in [0.2, 0.25) is 0 Å². The summed E-state index contributed by atoms with van der Waals surface area (Å²) in [7, 11) is 0. The maximum Gasteiger partial charge on any atom is 0.0392 e. The summed E-state index contributed by atoms with van der Waals surface area (Å²) in [6, 6.07) is 19.4. The Hall–Kier alpha value is -1.60. The fraction of sp³-hybridized carbons (Fsp3) is 0.368. The lowest BCUT2D eigenvalue weighted by atomic mass is 9.68. The van der Waals surface area contributed by atoms with E-state index in [1.807, 2.05) is 0 Å². The van der Waals surface area contributed by atoms with Crippen LogP contribution in [0, 0.1) is 6.92 Å². The first-order chi connectivity index (χ1) is 9.64. The van der Waals surface area contributed by atoms with Crippen molar-refractivity contribution in [3.05, 3.63) is 71.3 Å². The molecular weight excluding hydrogens is 242 g/mol. The summed E-state index contributed by atoms with van der Waals surface area (Å²) < 4.78 is 0. The summed E-state index contributed by atoms with van der Waals surface area (Å²) in [5, 5.41) is 0. The number of aryl methyl sites for hydroxylation is 1. The molecule has 0 spiro atoms. The Kier molecular flexibility index (Phi) is 4.61. The van der Waals surface area contributed by atoms with Crippen LogP contribution in [0.3, 0.4) is 0 Å². The third-order valence-electron chi connectivity index (χ3n) is 4.64. The number of nitrogens with two attached hydrogens (primary N) is 1. The summed E-state index contributed by atoms with van der Waals surface area (Å²) in [4.78, 5) is 0. The zero-order valence-electron chi connectivity index (χ0n) is 12.8. The van der Waals surface area contributed by atoms with Gasteiger partial charge in [0, 0.05) is 11.5 Å². The molecule has 0 radical (unpaired) electrons. The normalized spacial score (nSPS) is 13.2. The van der Waals surface area contributed by atoms with Crippen LogP contribution >= 0.6 is 0 Å². The van der Waals surface area contributed by atoms with Crippen LogP contribution in [0.4, 0.5) is 0 Å². The van der Waals surface area contributed by atoms with E-state index >= 15 is 0 Å². The van der Waals surface area contributed by atoms with Crippen LogP contribution in [0.2, 0.25) is 0 Å². The van der Waals surface area contributed by atoms with Crippen LogP contribution in [0.1, 0.15) is 49.4 Å². The van der Waals surface area contributed by atoms with Gasteiger partial charge in [-0.25, -0.2) is 0 Å². The van der Waals surface area contributed by atoms with Gasteiger partial charge < -0.3 is 5.73 Å². The Morgan fingerprint density at radius 2 is 1.45 bits per heavy atom. The van der Waals surface area contributed by atoms with Crippen molar-refractivity contribution in [3.8, 4) is 0 Å². The fourth-order valence-corrected chi connectivity index (χ4v) is 3.14. The zero-order valence-corrected chi connectivity index (χ0v) is 12.8. The molecule has 0 saturated carbocycles. The molecule has 0 heterocycles. The predicted octanol–water partition coefficient (Wildman–Crippen LogP) is 4.75. The number of rotatable bonds is 5. The van der Waals surface area contributed by atoms with E-state index in [9.17, 15) is 0 Å². The van der Waals surface area contributed by atoms with E-state index in [-0.39, 0.29) is 11.5 Å². The second-order valence-corrected chi connectivity index (χ2v) is 5.62. The van der Waals surface area contributed by atoms with Gasteiger partial charge in [-0.1, -0.05) is 74.0 Å². The van der Waals surface area contributed by atoms with Crippen molar-refractivity contribution in [2.24, 2.45) is 5.73 Å². The summed E-state index contributed by atoms with van der Waals surface area (Å²) in [5.74, 6) is 0. The Balaban J connectivity index is 2.45. The summed E-state index contributed by atoms with van der Waals surface area (Å²) >= 11 is 0. The zero-order chi connectivity index (χ0) is 14.6. The molecule has 0 saturated heterocycles. The maximum absolute atomic E-state index is 6.68. The molecule has 2 aromatic carbocycles. The Morgan fingerprint density at radius 1 is 0.900 bits per heavy atom. The van der Waals surface area contributed by atoms with Crippen molar-refractivity contribution in [1.29, 1.82) is 0 Å². The maximum atomic E-state index is 6.68. The molecule has 0 fully saturated rings. The molecule has 0 aliphatic carbocycles. The van der Waals surface area contributed by atoms with Crippen molar-refractivity contribution < 1.29 is 0 Å². The standard InChI is InChI=1S/C19H25N/c1-4-19(5-2,17-9-7-6-8-10-17)18(20)16-13-11-15(3)12-14-16/h6-14,18H,4-5,20H2,1-3H3. The van der Waals surface area contributed by atoms with Gasteiger partial charge in [0.1, 0.15) is 0 Å². The van der Waals surface area contributed by atoms with Crippen LogP contribution in [0.5, 0.6) is 0 Å². The molecule has 0 bridgehead atoms. The third kappa shape index (κ3) is 2.64. The Labute approximate surface area is 122 Å². The molecule has 0 aliphatic rings. The van der Waals surface area contributed by atoms with Gasteiger partial charge in [-0.3, -0.25) is 0 Å². The molecule has 106 valence electrons. The minimum atomic E-state index is 0.0104. The van der Waals surface area contributed by atoms with Gasteiger partial charge in [0.15, 0.2) is 0 Å². The lowest BCUT2D eigenvalue weighted by molar-refractivity contribution is 0.322. The predicted molar refractivity (Wildman–Crippen MR) is 86.8 cm³/mol. The van der Waals surface area contributed by atoms with E-state index in [1.54, 1.807) is 0 Å². The Morgan fingerprint density at radius 3 is 1.95 bits per heavy atom. The van der Waals surface area contributed by atoms with E-state index < -0.39 is 0 Å². The second-order valence-electron chi connectivity index (χ2n) is 5.62.